The van der Waals surface area contributed by atoms with Gasteiger partial charge in [0.25, 0.3) is 0 Å². The highest BCUT2D eigenvalue weighted by molar-refractivity contribution is 5.84. The largest absolute Gasteiger partial charge is 0.394 e. The first-order valence-corrected chi connectivity index (χ1v) is 6.46. The van der Waals surface area contributed by atoms with Gasteiger partial charge in [0.15, 0.2) is 0 Å². The average molecular weight is 289 g/mol. The number of carbonyl (C=O) groups is 1. The summed E-state index contributed by atoms with van der Waals surface area (Å²) in [7, 11) is 0. The molecule has 0 radical (unpaired) electrons. The van der Waals surface area contributed by atoms with Crippen molar-refractivity contribution in [2.45, 2.75) is 43.0 Å². The van der Waals surface area contributed by atoms with E-state index < -0.39 is 49.6 Å². The molecule has 8 N–H and O–H groups in total. The van der Waals surface area contributed by atoms with Crippen LogP contribution in [-0.4, -0.2) is 82.4 Å². The molecule has 3 aliphatic rings. The number of amides is 1. The topological polar surface area (TPSA) is 152 Å². The van der Waals surface area contributed by atoms with Gasteiger partial charge in [-0.15, -0.1) is 0 Å². The summed E-state index contributed by atoms with van der Waals surface area (Å²) in [5, 5.41) is 37.4. The normalized spacial score (nSPS) is 49.2. The molecule has 0 aromatic heterocycles. The third kappa shape index (κ3) is 2.10. The molecule has 0 aliphatic carbocycles. The number of hydrogen-bond donors (Lipinski definition) is 7. The maximum absolute atomic E-state index is 11.8. The van der Waals surface area contributed by atoms with E-state index in [1.807, 2.05) is 0 Å². The fourth-order valence-corrected chi connectivity index (χ4v) is 2.90. The van der Waals surface area contributed by atoms with E-state index in [2.05, 4.69) is 16.0 Å². The molecule has 3 heterocycles. The zero-order chi connectivity index (χ0) is 14.4. The first-order chi connectivity index (χ1) is 9.52. The first kappa shape index (κ1) is 14.1. The van der Waals surface area contributed by atoms with Gasteiger partial charge in [0.2, 0.25) is 5.91 Å². The second-order valence-corrected chi connectivity index (χ2v) is 5.18. The lowest BCUT2D eigenvalue weighted by molar-refractivity contribution is -0.133. The van der Waals surface area contributed by atoms with Crippen LogP contribution in [0.25, 0.3) is 0 Å². The second-order valence-electron chi connectivity index (χ2n) is 5.18. The molecule has 3 saturated heterocycles. The Morgan fingerprint density at radius 3 is 2.80 bits per heavy atom. The van der Waals surface area contributed by atoms with Crippen LogP contribution in [0.4, 0.5) is 0 Å². The number of fused-ring (bicyclic) bond motifs is 1. The summed E-state index contributed by atoms with van der Waals surface area (Å²) in [6.07, 6.45) is -5.16. The predicted molar refractivity (Wildman–Crippen MR) is 64.4 cm³/mol. The number of rotatable bonds is 2. The van der Waals surface area contributed by atoms with Gasteiger partial charge >= 0.3 is 0 Å². The van der Waals surface area contributed by atoms with Crippen LogP contribution in [0.3, 0.4) is 0 Å². The average Bonchev–Trinajstić information content (AvgIpc) is 2.93. The van der Waals surface area contributed by atoms with Crippen molar-refractivity contribution in [3.63, 3.8) is 0 Å². The lowest BCUT2D eigenvalue weighted by atomic mass is 10.1. The van der Waals surface area contributed by atoms with Gasteiger partial charge < -0.3 is 25.4 Å². The number of hydrogen-bond acceptors (Lipinski definition) is 9. The highest BCUT2D eigenvalue weighted by Crippen LogP contribution is 2.27. The highest BCUT2D eigenvalue weighted by atomic mass is 16.6. The van der Waals surface area contributed by atoms with Crippen LogP contribution in [0.1, 0.15) is 0 Å². The molecule has 20 heavy (non-hydrogen) atoms. The minimum absolute atomic E-state index is 0.240. The van der Waals surface area contributed by atoms with Gasteiger partial charge in [-0.1, -0.05) is 0 Å². The monoisotopic (exact) mass is 289 g/mol. The summed E-state index contributed by atoms with van der Waals surface area (Å²) >= 11 is 0. The van der Waals surface area contributed by atoms with Gasteiger partial charge in [0.05, 0.1) is 19.4 Å². The molecule has 0 bridgehead atoms. The molecule has 7 atom stereocenters. The SMILES string of the molecule is NC1NC(=O)C2NCN([C@@H]3O[C@H](CO)[C@@H](O)[C@H]3O)C2N1. The third-order valence-electron chi connectivity index (χ3n) is 3.94. The summed E-state index contributed by atoms with van der Waals surface area (Å²) < 4.78 is 5.46. The van der Waals surface area contributed by atoms with Crippen molar-refractivity contribution in [1.29, 1.82) is 0 Å². The third-order valence-corrected chi connectivity index (χ3v) is 3.94. The van der Waals surface area contributed by atoms with E-state index in [4.69, 9.17) is 15.6 Å². The van der Waals surface area contributed by atoms with Gasteiger partial charge in [-0.05, 0) is 0 Å². The lowest BCUT2D eigenvalue weighted by Crippen LogP contribution is -2.71. The van der Waals surface area contributed by atoms with Gasteiger partial charge in [0.1, 0.15) is 36.9 Å². The zero-order valence-electron chi connectivity index (χ0n) is 10.6. The van der Waals surface area contributed by atoms with Crippen molar-refractivity contribution in [3.8, 4) is 0 Å². The molecule has 114 valence electrons. The maximum atomic E-state index is 11.8. The van der Waals surface area contributed by atoms with Crippen LogP contribution in [0, 0.1) is 0 Å². The molecule has 3 fully saturated rings. The summed E-state index contributed by atoms with van der Waals surface area (Å²) in [6, 6.07) is -0.518. The highest BCUT2D eigenvalue weighted by Gasteiger charge is 2.52. The molecule has 0 spiro atoms. The number of nitrogens with two attached hydrogens (primary N) is 1. The number of nitrogens with zero attached hydrogens (tertiary/aromatic N) is 1. The van der Waals surface area contributed by atoms with E-state index in [-0.39, 0.29) is 12.6 Å². The summed E-state index contributed by atoms with van der Waals surface area (Å²) in [5.74, 6) is -0.240. The minimum atomic E-state index is -1.17. The van der Waals surface area contributed by atoms with Crippen LogP contribution in [0.2, 0.25) is 0 Å². The molecule has 3 aliphatic heterocycles. The minimum Gasteiger partial charge on any atom is -0.394 e. The van der Waals surface area contributed by atoms with Crippen molar-refractivity contribution in [1.82, 2.24) is 20.9 Å². The molecule has 0 aromatic carbocycles. The quantitative estimate of drug-likeness (QED) is 0.265. The molecular formula is C10H19N5O5. The first-order valence-electron chi connectivity index (χ1n) is 6.46. The Morgan fingerprint density at radius 1 is 1.40 bits per heavy atom. The van der Waals surface area contributed by atoms with E-state index in [0.717, 1.165) is 0 Å². The van der Waals surface area contributed by atoms with Gasteiger partial charge in [-0.3, -0.25) is 21.2 Å². The van der Waals surface area contributed by atoms with Crippen LogP contribution in [-0.2, 0) is 9.53 Å². The van der Waals surface area contributed by atoms with Crippen molar-refractivity contribution in [3.05, 3.63) is 0 Å². The molecule has 3 unspecified atom stereocenters. The summed E-state index contributed by atoms with van der Waals surface area (Å²) in [4.78, 5) is 13.5. The Bertz CT molecular complexity index is 398. The molecule has 10 heteroatoms. The van der Waals surface area contributed by atoms with Gasteiger partial charge in [-0.25, -0.2) is 4.90 Å². The standard InChI is InChI=1S/C10H19N5O5/c11-10-13-7-4(8(19)14-10)12-2-15(7)9-6(18)5(17)3(1-16)20-9/h3-7,9-10,12-13,16-18H,1-2,11H2,(H,14,19)/t3-,4?,5-,6-,7?,9-,10?/m1/s1. The molecular weight excluding hydrogens is 270 g/mol. The maximum Gasteiger partial charge on any atom is 0.242 e. The smallest absolute Gasteiger partial charge is 0.242 e. The van der Waals surface area contributed by atoms with Crippen LogP contribution in [0.5, 0.6) is 0 Å². The molecule has 10 nitrogen and oxygen atoms in total. The van der Waals surface area contributed by atoms with E-state index in [1.54, 1.807) is 4.90 Å². The Hall–Kier alpha value is -0.850. The van der Waals surface area contributed by atoms with Crippen LogP contribution >= 0.6 is 0 Å². The number of aliphatic hydroxyl groups is 3. The Morgan fingerprint density at radius 2 is 2.15 bits per heavy atom. The lowest BCUT2D eigenvalue weighted by Gasteiger charge is -2.37. The number of nitrogens with one attached hydrogen (secondary N) is 3. The molecule has 0 aromatic rings. The van der Waals surface area contributed by atoms with E-state index in [0.29, 0.717) is 0 Å². The summed E-state index contributed by atoms with van der Waals surface area (Å²) in [5.41, 5.74) is 5.67. The Labute approximate surface area is 114 Å². The number of carbonyl (C=O) groups excluding carboxylic acids is 1. The van der Waals surface area contributed by atoms with Gasteiger partial charge in [-0.2, -0.15) is 0 Å². The number of ether oxygens (including phenoxy) is 1. The fraction of sp³-hybridized carbons (Fsp3) is 0.900. The van der Waals surface area contributed by atoms with Crippen molar-refractivity contribution in [2.75, 3.05) is 13.3 Å². The van der Waals surface area contributed by atoms with Crippen molar-refractivity contribution in [2.24, 2.45) is 5.73 Å². The molecule has 3 rings (SSSR count). The number of aliphatic hydroxyl groups excluding tert-OH is 3. The molecule has 1 amide bonds. The van der Waals surface area contributed by atoms with Gasteiger partial charge in [0, 0.05) is 0 Å². The van der Waals surface area contributed by atoms with E-state index >= 15 is 0 Å². The van der Waals surface area contributed by atoms with E-state index in [9.17, 15) is 15.0 Å². The van der Waals surface area contributed by atoms with Crippen LogP contribution in [0.15, 0.2) is 0 Å². The fourth-order valence-electron chi connectivity index (χ4n) is 2.90. The predicted octanol–water partition coefficient (Wildman–Crippen LogP) is -5.06. The van der Waals surface area contributed by atoms with Crippen LogP contribution < -0.4 is 21.7 Å². The molecule has 0 saturated carbocycles. The van der Waals surface area contributed by atoms with Crippen molar-refractivity contribution >= 4 is 5.91 Å². The zero-order valence-corrected chi connectivity index (χ0v) is 10.6. The van der Waals surface area contributed by atoms with E-state index in [1.165, 1.54) is 0 Å². The van der Waals surface area contributed by atoms with Crippen molar-refractivity contribution < 1.29 is 24.9 Å². The second kappa shape index (κ2) is 5.16. The Balaban J connectivity index is 1.76. The Kier molecular flexibility index (Phi) is 3.64. The summed E-state index contributed by atoms with van der Waals surface area (Å²) in [6.45, 7) is -0.105.